The maximum atomic E-state index is 11.5. The van der Waals surface area contributed by atoms with E-state index in [9.17, 15) is 4.79 Å². The van der Waals surface area contributed by atoms with E-state index in [2.05, 4.69) is 10.2 Å². The predicted molar refractivity (Wildman–Crippen MR) is 58.6 cm³/mol. The summed E-state index contributed by atoms with van der Waals surface area (Å²) in [4.78, 5) is 13.5. The minimum absolute atomic E-state index is 0.00940. The fraction of sp³-hybridized carbons (Fsp3) is 0.900. The third-order valence-corrected chi connectivity index (χ3v) is 2.25. The molecule has 1 fully saturated rings. The van der Waals surface area contributed by atoms with Gasteiger partial charge in [0.2, 0.25) is 0 Å². The minimum Gasteiger partial charge on any atom is -0.444 e. The smallest absolute Gasteiger partial charge is 0.407 e. The lowest BCUT2D eigenvalue weighted by Crippen LogP contribution is -2.48. The van der Waals surface area contributed by atoms with Crippen LogP contribution in [0.15, 0.2) is 0 Å². The maximum absolute atomic E-state index is 11.5. The highest BCUT2D eigenvalue weighted by atomic mass is 16.6. The van der Waals surface area contributed by atoms with Crippen molar-refractivity contribution in [1.82, 2.24) is 10.2 Å². The molecule has 5 heteroatoms. The number of carbonyl (C=O) groups is 1. The Morgan fingerprint density at radius 3 is 2.47 bits per heavy atom. The summed E-state index contributed by atoms with van der Waals surface area (Å²) in [5, 5.41) is 2.79. The standard InChI is InChI=1S/C10H21N3O2/c1-10(2,3)15-9(14)12-8-6-13(4)5-7(8)11/h7-8H,5-6,11H2,1-4H3,(H,12,14)/t7-,8+/m0/s1. The van der Waals surface area contributed by atoms with Crippen LogP contribution in [0.1, 0.15) is 20.8 Å². The van der Waals surface area contributed by atoms with Gasteiger partial charge in [0.15, 0.2) is 0 Å². The molecule has 2 atom stereocenters. The van der Waals surface area contributed by atoms with Gasteiger partial charge in [0.1, 0.15) is 5.60 Å². The van der Waals surface area contributed by atoms with E-state index in [-0.39, 0.29) is 12.1 Å². The number of nitrogens with one attached hydrogen (secondary N) is 1. The Balaban J connectivity index is 2.39. The molecule has 15 heavy (non-hydrogen) atoms. The van der Waals surface area contributed by atoms with Crippen LogP contribution in [0.25, 0.3) is 0 Å². The monoisotopic (exact) mass is 215 g/mol. The van der Waals surface area contributed by atoms with E-state index in [4.69, 9.17) is 10.5 Å². The Labute approximate surface area is 90.9 Å². The van der Waals surface area contributed by atoms with Crippen molar-refractivity contribution >= 4 is 6.09 Å². The van der Waals surface area contributed by atoms with Gasteiger partial charge >= 0.3 is 6.09 Å². The highest BCUT2D eigenvalue weighted by Crippen LogP contribution is 2.09. The number of likely N-dealkylation sites (N-methyl/N-ethyl adjacent to an activating group) is 1. The molecular formula is C10H21N3O2. The van der Waals surface area contributed by atoms with Crippen molar-refractivity contribution < 1.29 is 9.53 Å². The molecular weight excluding hydrogens is 194 g/mol. The maximum Gasteiger partial charge on any atom is 0.407 e. The first kappa shape index (κ1) is 12.3. The third kappa shape index (κ3) is 4.05. The Morgan fingerprint density at radius 1 is 1.47 bits per heavy atom. The predicted octanol–water partition coefficient (Wildman–Crippen LogP) is 0.152. The van der Waals surface area contributed by atoms with Gasteiger partial charge in [-0.2, -0.15) is 0 Å². The number of carbonyl (C=O) groups excluding carboxylic acids is 1. The zero-order valence-electron chi connectivity index (χ0n) is 9.91. The second-order valence-corrected chi connectivity index (χ2v) is 5.14. The number of nitrogens with two attached hydrogens (primary N) is 1. The van der Waals surface area contributed by atoms with Gasteiger partial charge in [0.05, 0.1) is 6.04 Å². The van der Waals surface area contributed by atoms with Crippen LogP contribution < -0.4 is 11.1 Å². The van der Waals surface area contributed by atoms with E-state index < -0.39 is 11.7 Å². The fourth-order valence-electron chi connectivity index (χ4n) is 1.64. The number of hydrogen-bond donors (Lipinski definition) is 2. The molecule has 0 aliphatic carbocycles. The van der Waals surface area contributed by atoms with Crippen LogP contribution in [0.2, 0.25) is 0 Å². The Bertz CT molecular complexity index is 237. The van der Waals surface area contributed by atoms with Gasteiger partial charge in [0, 0.05) is 19.1 Å². The summed E-state index contributed by atoms with van der Waals surface area (Å²) in [5.74, 6) is 0. The van der Waals surface area contributed by atoms with E-state index in [1.54, 1.807) is 0 Å². The van der Waals surface area contributed by atoms with Gasteiger partial charge in [0.25, 0.3) is 0 Å². The molecule has 0 aromatic heterocycles. The zero-order chi connectivity index (χ0) is 11.6. The largest absolute Gasteiger partial charge is 0.444 e. The normalized spacial score (nSPS) is 27.8. The molecule has 1 amide bonds. The van der Waals surface area contributed by atoms with Crippen LogP contribution in [-0.2, 0) is 4.74 Å². The van der Waals surface area contributed by atoms with Gasteiger partial charge in [-0.25, -0.2) is 4.79 Å². The Hall–Kier alpha value is -0.810. The fourth-order valence-corrected chi connectivity index (χ4v) is 1.64. The average Bonchev–Trinajstić information content (AvgIpc) is 2.25. The molecule has 3 N–H and O–H groups in total. The van der Waals surface area contributed by atoms with Crippen molar-refractivity contribution in [2.75, 3.05) is 20.1 Å². The molecule has 1 aliphatic heterocycles. The van der Waals surface area contributed by atoms with E-state index in [1.165, 1.54) is 0 Å². The molecule has 0 radical (unpaired) electrons. The van der Waals surface area contributed by atoms with Gasteiger partial charge in [-0.05, 0) is 27.8 Å². The molecule has 0 aromatic rings. The third-order valence-electron chi connectivity index (χ3n) is 2.25. The van der Waals surface area contributed by atoms with Crippen LogP contribution in [0, 0.1) is 0 Å². The Morgan fingerprint density at radius 2 is 2.07 bits per heavy atom. The van der Waals surface area contributed by atoms with Gasteiger partial charge in [-0.1, -0.05) is 0 Å². The molecule has 0 aromatic carbocycles. The summed E-state index contributed by atoms with van der Waals surface area (Å²) >= 11 is 0. The molecule has 1 saturated heterocycles. The van der Waals surface area contributed by atoms with Gasteiger partial charge in [-0.3, -0.25) is 0 Å². The van der Waals surface area contributed by atoms with E-state index in [1.807, 2.05) is 27.8 Å². The summed E-state index contributed by atoms with van der Waals surface area (Å²) in [7, 11) is 1.98. The van der Waals surface area contributed by atoms with E-state index in [0.717, 1.165) is 13.1 Å². The number of nitrogens with zero attached hydrogens (tertiary/aromatic N) is 1. The van der Waals surface area contributed by atoms with Crippen LogP contribution >= 0.6 is 0 Å². The van der Waals surface area contributed by atoms with Crippen molar-refractivity contribution in [3.63, 3.8) is 0 Å². The van der Waals surface area contributed by atoms with Gasteiger partial charge < -0.3 is 20.7 Å². The summed E-state index contributed by atoms with van der Waals surface area (Å²) in [5.41, 5.74) is 5.41. The van der Waals surface area contributed by atoms with Crippen molar-refractivity contribution in [3.05, 3.63) is 0 Å². The van der Waals surface area contributed by atoms with Crippen molar-refractivity contribution in [2.45, 2.75) is 38.5 Å². The summed E-state index contributed by atoms with van der Waals surface area (Å²) in [6.45, 7) is 7.11. The Kier molecular flexibility index (Phi) is 3.57. The first-order valence-corrected chi connectivity index (χ1v) is 5.21. The lowest BCUT2D eigenvalue weighted by atomic mass is 10.2. The molecule has 0 spiro atoms. The minimum atomic E-state index is -0.460. The molecule has 0 bridgehead atoms. The van der Waals surface area contributed by atoms with E-state index in [0.29, 0.717) is 0 Å². The molecule has 0 saturated carbocycles. The van der Waals surface area contributed by atoms with Crippen molar-refractivity contribution in [1.29, 1.82) is 0 Å². The van der Waals surface area contributed by atoms with Crippen molar-refractivity contribution in [2.24, 2.45) is 5.73 Å². The second-order valence-electron chi connectivity index (χ2n) is 5.14. The highest BCUT2D eigenvalue weighted by molar-refractivity contribution is 5.68. The summed E-state index contributed by atoms with van der Waals surface area (Å²) < 4.78 is 5.16. The molecule has 1 heterocycles. The SMILES string of the molecule is CN1C[C@H](N)[C@H](NC(=O)OC(C)(C)C)C1. The first-order chi connectivity index (χ1) is 6.78. The summed E-state index contributed by atoms with van der Waals surface area (Å²) in [6, 6.07) is -0.0210. The topological polar surface area (TPSA) is 67.6 Å². The summed E-state index contributed by atoms with van der Waals surface area (Å²) in [6.07, 6.45) is -0.391. The quantitative estimate of drug-likeness (QED) is 0.653. The molecule has 0 unspecified atom stereocenters. The van der Waals surface area contributed by atoms with Crippen LogP contribution in [0.4, 0.5) is 4.79 Å². The van der Waals surface area contributed by atoms with Crippen LogP contribution in [0.3, 0.4) is 0 Å². The highest BCUT2D eigenvalue weighted by Gasteiger charge is 2.30. The lowest BCUT2D eigenvalue weighted by Gasteiger charge is -2.22. The zero-order valence-corrected chi connectivity index (χ0v) is 9.91. The molecule has 88 valence electrons. The van der Waals surface area contributed by atoms with Gasteiger partial charge in [-0.15, -0.1) is 0 Å². The average molecular weight is 215 g/mol. The van der Waals surface area contributed by atoms with Crippen LogP contribution in [0.5, 0.6) is 0 Å². The molecule has 1 rings (SSSR count). The lowest BCUT2D eigenvalue weighted by molar-refractivity contribution is 0.0503. The number of amides is 1. The number of hydrogen-bond acceptors (Lipinski definition) is 4. The number of alkyl carbamates (subject to hydrolysis) is 1. The molecule has 1 aliphatic rings. The van der Waals surface area contributed by atoms with E-state index >= 15 is 0 Å². The number of ether oxygens (including phenoxy) is 1. The number of likely N-dealkylation sites (tertiary alicyclic amines) is 1. The van der Waals surface area contributed by atoms with Crippen molar-refractivity contribution in [3.8, 4) is 0 Å². The van der Waals surface area contributed by atoms with Crippen LogP contribution in [-0.4, -0.2) is 48.8 Å². The second kappa shape index (κ2) is 4.37. The number of rotatable bonds is 1. The first-order valence-electron chi connectivity index (χ1n) is 5.21. The molecule has 5 nitrogen and oxygen atoms in total.